The molecule has 4 aromatic carbocycles. The third kappa shape index (κ3) is 2.01. The van der Waals surface area contributed by atoms with E-state index in [1.54, 1.807) is 0 Å². The number of para-hydroxylation sites is 2. The van der Waals surface area contributed by atoms with E-state index in [1.165, 1.54) is 16.3 Å². The summed E-state index contributed by atoms with van der Waals surface area (Å²) in [6, 6.07) is 29.3. The van der Waals surface area contributed by atoms with Crippen LogP contribution in [-0.2, 0) is 12.0 Å². The topological polar surface area (TPSA) is 18.5 Å². The first-order valence-corrected chi connectivity index (χ1v) is 9.42. The molecule has 2 nitrogen and oxygen atoms in total. The smallest absolute Gasteiger partial charge is 0.166 e. The van der Waals surface area contributed by atoms with Crippen molar-refractivity contribution in [2.45, 2.75) is 18.4 Å². The zero-order valence-electron chi connectivity index (χ0n) is 14.8. The van der Waals surface area contributed by atoms with Crippen molar-refractivity contribution in [3.05, 3.63) is 102 Å². The normalized spacial score (nSPS) is 16.0. The van der Waals surface area contributed by atoms with Gasteiger partial charge in [0.15, 0.2) is 5.60 Å². The Bertz CT molecular complexity index is 1150. The van der Waals surface area contributed by atoms with E-state index in [4.69, 9.17) is 9.47 Å². The molecule has 2 aliphatic rings. The molecule has 2 heteroatoms. The number of hydrogen-bond acceptors (Lipinski definition) is 2. The van der Waals surface area contributed by atoms with Gasteiger partial charge in [-0.1, -0.05) is 66.7 Å². The monoisotopic (exact) mass is 350 g/mol. The molecule has 0 radical (unpaired) electrons. The molecule has 0 N–H and O–H groups in total. The van der Waals surface area contributed by atoms with Crippen molar-refractivity contribution in [3.63, 3.8) is 0 Å². The molecule has 2 heterocycles. The van der Waals surface area contributed by atoms with Gasteiger partial charge in [0.05, 0.1) is 0 Å². The zero-order valence-corrected chi connectivity index (χ0v) is 14.8. The van der Waals surface area contributed by atoms with Gasteiger partial charge in [0, 0.05) is 23.1 Å². The second-order valence-corrected chi connectivity index (χ2v) is 7.29. The van der Waals surface area contributed by atoms with E-state index >= 15 is 0 Å². The van der Waals surface area contributed by atoms with Crippen molar-refractivity contribution in [2.24, 2.45) is 0 Å². The molecule has 2 aliphatic heterocycles. The molecule has 6 rings (SSSR count). The van der Waals surface area contributed by atoms with Crippen molar-refractivity contribution >= 4 is 10.8 Å². The first-order chi connectivity index (χ1) is 13.4. The number of benzene rings is 4. The maximum Gasteiger partial charge on any atom is 0.166 e. The summed E-state index contributed by atoms with van der Waals surface area (Å²) in [5.74, 6) is 2.76. The van der Waals surface area contributed by atoms with Crippen LogP contribution in [0.4, 0.5) is 0 Å². The summed E-state index contributed by atoms with van der Waals surface area (Å²) in [4.78, 5) is 0. The molecule has 0 atom stereocenters. The molecular weight excluding hydrogens is 332 g/mol. The van der Waals surface area contributed by atoms with Crippen LogP contribution < -0.4 is 9.47 Å². The summed E-state index contributed by atoms with van der Waals surface area (Å²) in [6.07, 6.45) is 1.87. The van der Waals surface area contributed by atoms with Crippen LogP contribution in [0, 0.1) is 0 Å². The minimum atomic E-state index is -0.499. The third-order valence-electron chi connectivity index (χ3n) is 5.87. The highest BCUT2D eigenvalue weighted by molar-refractivity contribution is 5.88. The van der Waals surface area contributed by atoms with Gasteiger partial charge in [0.1, 0.15) is 17.2 Å². The lowest BCUT2D eigenvalue weighted by molar-refractivity contribution is 0.0747. The summed E-state index contributed by atoms with van der Waals surface area (Å²) in [7, 11) is 0. The van der Waals surface area contributed by atoms with Gasteiger partial charge in [-0.3, -0.25) is 0 Å². The molecule has 0 saturated heterocycles. The summed E-state index contributed by atoms with van der Waals surface area (Å²) in [5.41, 5.74) is 3.03. The number of ether oxygens (including phenoxy) is 2. The Morgan fingerprint density at radius 1 is 0.630 bits per heavy atom. The second kappa shape index (κ2) is 5.37. The Morgan fingerprint density at radius 2 is 1.30 bits per heavy atom. The SMILES string of the molecule is c1ccc2c(c1)Oc1ccccc1C21CCc2c(ccc3ccccc23)O1. The Labute approximate surface area is 158 Å². The highest BCUT2D eigenvalue weighted by Crippen LogP contribution is 2.54. The fraction of sp³-hybridized carbons (Fsp3) is 0.120. The average Bonchev–Trinajstić information content (AvgIpc) is 2.74. The molecule has 1 spiro atoms. The van der Waals surface area contributed by atoms with Crippen LogP contribution in [0.15, 0.2) is 84.9 Å². The molecule has 130 valence electrons. The van der Waals surface area contributed by atoms with E-state index in [0.717, 1.165) is 41.2 Å². The van der Waals surface area contributed by atoms with E-state index in [-0.39, 0.29) is 0 Å². The van der Waals surface area contributed by atoms with Crippen LogP contribution in [0.25, 0.3) is 10.8 Å². The molecule has 0 fully saturated rings. The lowest BCUT2D eigenvalue weighted by Gasteiger charge is -2.43. The van der Waals surface area contributed by atoms with Crippen molar-refractivity contribution in [3.8, 4) is 17.2 Å². The molecule has 0 bridgehead atoms. The summed E-state index contributed by atoms with van der Waals surface area (Å²) in [5, 5.41) is 2.56. The van der Waals surface area contributed by atoms with Gasteiger partial charge < -0.3 is 9.47 Å². The molecule has 0 saturated carbocycles. The van der Waals surface area contributed by atoms with Gasteiger partial charge in [-0.25, -0.2) is 0 Å². The van der Waals surface area contributed by atoms with E-state index in [1.807, 2.05) is 24.3 Å². The maximum atomic E-state index is 6.84. The van der Waals surface area contributed by atoms with E-state index in [0.29, 0.717) is 0 Å². The van der Waals surface area contributed by atoms with Gasteiger partial charge in [-0.2, -0.15) is 0 Å². The Morgan fingerprint density at radius 3 is 2.07 bits per heavy atom. The highest BCUT2D eigenvalue weighted by Gasteiger charge is 2.46. The quantitative estimate of drug-likeness (QED) is 0.375. The van der Waals surface area contributed by atoms with Crippen molar-refractivity contribution < 1.29 is 9.47 Å². The standard InChI is InChI=1S/C25H18O2/c1-2-8-18-17(7-1)13-14-22-19(18)15-16-25(27-22)20-9-3-5-11-23(20)26-24-12-6-4-10-21(24)25/h1-14H,15-16H2. The maximum absolute atomic E-state index is 6.84. The second-order valence-electron chi connectivity index (χ2n) is 7.29. The lowest BCUT2D eigenvalue weighted by atomic mass is 9.77. The van der Waals surface area contributed by atoms with Gasteiger partial charge in [0.25, 0.3) is 0 Å². The van der Waals surface area contributed by atoms with Gasteiger partial charge in [-0.15, -0.1) is 0 Å². The third-order valence-corrected chi connectivity index (χ3v) is 5.87. The first kappa shape index (κ1) is 14.9. The van der Waals surface area contributed by atoms with Gasteiger partial charge in [-0.05, 0) is 35.4 Å². The number of rotatable bonds is 0. The summed E-state index contributed by atoms with van der Waals surface area (Å²) < 4.78 is 13.0. The molecule has 0 unspecified atom stereocenters. The molecule has 0 aromatic heterocycles. The average molecular weight is 350 g/mol. The summed E-state index contributed by atoms with van der Waals surface area (Å²) >= 11 is 0. The fourth-order valence-corrected chi connectivity index (χ4v) is 4.63. The minimum absolute atomic E-state index is 0.499. The predicted octanol–water partition coefficient (Wildman–Crippen LogP) is 6.21. The number of fused-ring (bicyclic) bond motifs is 7. The lowest BCUT2D eigenvalue weighted by Crippen LogP contribution is -2.40. The molecule has 27 heavy (non-hydrogen) atoms. The minimum Gasteiger partial charge on any atom is -0.477 e. The Hall–Kier alpha value is -3.26. The van der Waals surface area contributed by atoms with Crippen molar-refractivity contribution in [1.82, 2.24) is 0 Å². The highest BCUT2D eigenvalue weighted by atomic mass is 16.5. The van der Waals surface area contributed by atoms with Crippen molar-refractivity contribution in [1.29, 1.82) is 0 Å². The number of hydrogen-bond donors (Lipinski definition) is 0. The van der Waals surface area contributed by atoms with Crippen LogP contribution in [0.3, 0.4) is 0 Å². The van der Waals surface area contributed by atoms with E-state index in [9.17, 15) is 0 Å². The predicted molar refractivity (Wildman–Crippen MR) is 107 cm³/mol. The van der Waals surface area contributed by atoms with Crippen molar-refractivity contribution in [2.75, 3.05) is 0 Å². The first-order valence-electron chi connectivity index (χ1n) is 9.42. The largest absolute Gasteiger partial charge is 0.477 e. The van der Waals surface area contributed by atoms with Crippen LogP contribution >= 0.6 is 0 Å². The molecule has 0 amide bonds. The molecule has 4 aromatic rings. The van der Waals surface area contributed by atoms with Gasteiger partial charge >= 0.3 is 0 Å². The van der Waals surface area contributed by atoms with Crippen LogP contribution in [0.2, 0.25) is 0 Å². The van der Waals surface area contributed by atoms with Gasteiger partial charge in [0.2, 0.25) is 0 Å². The fourth-order valence-electron chi connectivity index (χ4n) is 4.63. The van der Waals surface area contributed by atoms with Crippen LogP contribution in [0.5, 0.6) is 17.2 Å². The van der Waals surface area contributed by atoms with E-state index < -0.39 is 5.60 Å². The zero-order chi connectivity index (χ0) is 17.8. The summed E-state index contributed by atoms with van der Waals surface area (Å²) in [6.45, 7) is 0. The van der Waals surface area contributed by atoms with Crippen LogP contribution in [-0.4, -0.2) is 0 Å². The van der Waals surface area contributed by atoms with Crippen LogP contribution in [0.1, 0.15) is 23.1 Å². The molecule has 0 aliphatic carbocycles. The molecular formula is C25H18O2. The Balaban J connectivity index is 1.60. The number of aryl methyl sites for hydroxylation is 1. The Kier molecular flexibility index (Phi) is 2.96. The van der Waals surface area contributed by atoms with E-state index in [2.05, 4.69) is 60.7 Å².